The van der Waals surface area contributed by atoms with E-state index in [1.807, 2.05) is 18.2 Å². The molecule has 0 spiro atoms. The zero-order valence-corrected chi connectivity index (χ0v) is 22.5. The lowest BCUT2D eigenvalue weighted by atomic mass is 9.65. The molecular weight excluding hydrogens is 574 g/mol. The highest BCUT2D eigenvalue weighted by Gasteiger charge is 2.38. The van der Waals surface area contributed by atoms with Crippen LogP contribution in [-0.4, -0.2) is 11.3 Å². The Labute approximate surface area is 228 Å². The average molecular weight is 597 g/mol. The molecule has 1 N–H and O–H groups in total. The molecule has 0 amide bonds. The quantitative estimate of drug-likeness (QED) is 0.154. The zero-order valence-electron chi connectivity index (χ0n) is 19.4. The van der Waals surface area contributed by atoms with Crippen molar-refractivity contribution in [3.05, 3.63) is 164 Å². The van der Waals surface area contributed by atoms with E-state index in [0.717, 1.165) is 15.7 Å². The monoisotopic (exact) mass is 595 g/mol. The van der Waals surface area contributed by atoms with Gasteiger partial charge in [0.2, 0.25) is 0 Å². The predicted octanol–water partition coefficient (Wildman–Crippen LogP) is 9.05. The summed E-state index contributed by atoms with van der Waals surface area (Å²) in [6, 6.07) is 43.9. The molecule has 0 saturated heterocycles. The van der Waals surface area contributed by atoms with Crippen LogP contribution in [0.15, 0.2) is 141 Å². The molecule has 0 atom stereocenters. The molecule has 0 aliphatic carbocycles. The van der Waals surface area contributed by atoms with Gasteiger partial charge in [0.15, 0.2) is 0 Å². The van der Waals surface area contributed by atoms with Gasteiger partial charge in [0.05, 0.1) is 15.6 Å². The number of phenols is 1. The molecule has 0 aliphatic heterocycles. The minimum absolute atomic E-state index is 0.162. The highest BCUT2D eigenvalue weighted by Crippen LogP contribution is 2.45. The standard InChI is InChI=1S/C32H23Br2NO/c33-28-20-23(31(36)30(34)21-28)22-35-29-18-16-27(17-19-29)32(24-10-4-1-5-11-24,25-12-6-2-7-13-25)26-14-8-3-9-15-26/h1-22,36H. The molecule has 0 fully saturated rings. The molecule has 36 heavy (non-hydrogen) atoms. The van der Waals surface area contributed by atoms with Crippen LogP contribution >= 0.6 is 31.9 Å². The Kier molecular flexibility index (Phi) is 7.17. The van der Waals surface area contributed by atoms with Crippen molar-refractivity contribution in [2.75, 3.05) is 0 Å². The first-order chi connectivity index (χ1) is 17.6. The second-order valence-electron chi connectivity index (χ2n) is 8.48. The molecule has 2 nitrogen and oxygen atoms in total. The highest BCUT2D eigenvalue weighted by atomic mass is 79.9. The SMILES string of the molecule is Oc1c(Br)cc(Br)cc1C=Nc1ccc(C(c2ccccc2)(c2ccccc2)c2ccccc2)cc1. The average Bonchev–Trinajstić information content (AvgIpc) is 2.93. The summed E-state index contributed by atoms with van der Waals surface area (Å²) in [7, 11) is 0. The summed E-state index contributed by atoms with van der Waals surface area (Å²) < 4.78 is 1.48. The summed E-state index contributed by atoms with van der Waals surface area (Å²) in [6.45, 7) is 0. The molecule has 5 rings (SSSR count). The molecule has 176 valence electrons. The van der Waals surface area contributed by atoms with Crippen LogP contribution in [0.3, 0.4) is 0 Å². The summed E-state index contributed by atoms with van der Waals surface area (Å²) in [5, 5.41) is 10.4. The Morgan fingerprint density at radius 3 is 1.50 bits per heavy atom. The van der Waals surface area contributed by atoms with Gasteiger partial charge in [-0.05, 0) is 62.4 Å². The third kappa shape index (κ3) is 4.67. The van der Waals surface area contributed by atoms with Crippen molar-refractivity contribution in [1.82, 2.24) is 0 Å². The van der Waals surface area contributed by atoms with Crippen molar-refractivity contribution in [3.63, 3.8) is 0 Å². The van der Waals surface area contributed by atoms with Crippen molar-refractivity contribution in [3.8, 4) is 5.75 Å². The van der Waals surface area contributed by atoms with Crippen LogP contribution in [0.5, 0.6) is 5.75 Å². The van der Waals surface area contributed by atoms with Crippen molar-refractivity contribution in [1.29, 1.82) is 0 Å². The van der Waals surface area contributed by atoms with E-state index in [0.29, 0.717) is 10.0 Å². The molecule has 0 aromatic heterocycles. The van der Waals surface area contributed by atoms with Crippen LogP contribution < -0.4 is 0 Å². The van der Waals surface area contributed by atoms with Gasteiger partial charge in [0, 0.05) is 16.3 Å². The normalized spacial score (nSPS) is 11.6. The number of phenolic OH excluding ortho intramolecular Hbond substituents is 1. The van der Waals surface area contributed by atoms with E-state index in [-0.39, 0.29) is 5.75 Å². The van der Waals surface area contributed by atoms with Crippen LogP contribution in [0.2, 0.25) is 0 Å². The number of rotatable bonds is 6. The first kappa shape index (κ1) is 24.2. The van der Waals surface area contributed by atoms with Gasteiger partial charge >= 0.3 is 0 Å². The van der Waals surface area contributed by atoms with Crippen LogP contribution in [0.25, 0.3) is 0 Å². The maximum absolute atomic E-state index is 10.4. The van der Waals surface area contributed by atoms with Gasteiger partial charge in [0.25, 0.3) is 0 Å². The van der Waals surface area contributed by atoms with Crippen LogP contribution in [0.1, 0.15) is 27.8 Å². The topological polar surface area (TPSA) is 32.6 Å². The van der Waals surface area contributed by atoms with Gasteiger partial charge in [0.1, 0.15) is 5.75 Å². The van der Waals surface area contributed by atoms with Gasteiger partial charge in [-0.2, -0.15) is 0 Å². The van der Waals surface area contributed by atoms with Gasteiger partial charge in [-0.15, -0.1) is 0 Å². The molecule has 5 aromatic rings. The number of nitrogens with zero attached hydrogens (tertiary/aromatic N) is 1. The first-order valence-electron chi connectivity index (χ1n) is 11.6. The molecule has 0 bridgehead atoms. The van der Waals surface area contributed by atoms with E-state index in [2.05, 4.69) is 140 Å². The molecule has 5 aromatic carbocycles. The van der Waals surface area contributed by atoms with Crippen LogP contribution in [0.4, 0.5) is 5.69 Å². The lowest BCUT2D eigenvalue weighted by Gasteiger charge is -2.36. The van der Waals surface area contributed by atoms with E-state index in [1.165, 1.54) is 16.7 Å². The van der Waals surface area contributed by atoms with E-state index in [1.54, 1.807) is 12.3 Å². The molecule has 0 unspecified atom stereocenters. The predicted molar refractivity (Wildman–Crippen MR) is 156 cm³/mol. The Balaban J connectivity index is 1.64. The lowest BCUT2D eigenvalue weighted by Crippen LogP contribution is -2.30. The first-order valence-corrected chi connectivity index (χ1v) is 13.2. The number of halogens is 2. The number of aliphatic imine (C=N–C) groups is 1. The van der Waals surface area contributed by atoms with E-state index in [4.69, 9.17) is 0 Å². The third-order valence-electron chi connectivity index (χ3n) is 6.33. The summed E-state index contributed by atoms with van der Waals surface area (Å²) in [6.07, 6.45) is 1.68. The fourth-order valence-electron chi connectivity index (χ4n) is 4.69. The minimum Gasteiger partial charge on any atom is -0.506 e. The molecular formula is C32H23Br2NO. The number of hydrogen-bond acceptors (Lipinski definition) is 2. The summed E-state index contributed by atoms with van der Waals surface area (Å²) in [5.41, 5.74) is 5.69. The summed E-state index contributed by atoms with van der Waals surface area (Å²) in [4.78, 5) is 4.63. The Hall–Kier alpha value is -3.47. The van der Waals surface area contributed by atoms with Crippen molar-refractivity contribution in [2.45, 2.75) is 5.41 Å². The van der Waals surface area contributed by atoms with E-state index >= 15 is 0 Å². The smallest absolute Gasteiger partial charge is 0.138 e. The maximum atomic E-state index is 10.4. The van der Waals surface area contributed by atoms with Gasteiger partial charge < -0.3 is 5.11 Å². The second kappa shape index (κ2) is 10.7. The zero-order chi connectivity index (χ0) is 25.0. The highest BCUT2D eigenvalue weighted by molar-refractivity contribution is 9.11. The van der Waals surface area contributed by atoms with E-state index in [9.17, 15) is 5.11 Å². The Morgan fingerprint density at radius 2 is 1.03 bits per heavy atom. The van der Waals surface area contributed by atoms with Gasteiger partial charge in [-0.1, -0.05) is 119 Å². The van der Waals surface area contributed by atoms with Gasteiger partial charge in [-0.25, -0.2) is 0 Å². The Bertz CT molecular complexity index is 1390. The van der Waals surface area contributed by atoms with Crippen LogP contribution in [0, 0.1) is 0 Å². The molecule has 0 saturated carbocycles. The number of benzene rings is 5. The second-order valence-corrected chi connectivity index (χ2v) is 10.2. The Morgan fingerprint density at radius 1 is 0.583 bits per heavy atom. The summed E-state index contributed by atoms with van der Waals surface area (Å²) in [5.74, 6) is 0.162. The third-order valence-corrected chi connectivity index (χ3v) is 7.39. The van der Waals surface area contributed by atoms with Crippen molar-refractivity contribution in [2.24, 2.45) is 4.99 Å². The minimum atomic E-state index is -0.487. The van der Waals surface area contributed by atoms with Crippen molar-refractivity contribution < 1.29 is 5.11 Å². The molecule has 0 radical (unpaired) electrons. The molecule has 0 aliphatic rings. The van der Waals surface area contributed by atoms with Crippen LogP contribution in [-0.2, 0) is 5.41 Å². The molecule has 0 heterocycles. The maximum Gasteiger partial charge on any atom is 0.138 e. The lowest BCUT2D eigenvalue weighted by molar-refractivity contribution is 0.471. The summed E-state index contributed by atoms with van der Waals surface area (Å²) >= 11 is 6.85. The fourth-order valence-corrected chi connectivity index (χ4v) is 5.95. The molecule has 4 heteroatoms. The van der Waals surface area contributed by atoms with Gasteiger partial charge in [-0.3, -0.25) is 4.99 Å². The van der Waals surface area contributed by atoms with E-state index < -0.39 is 5.41 Å². The van der Waals surface area contributed by atoms with Crippen molar-refractivity contribution >= 4 is 43.8 Å². The number of aromatic hydroxyl groups is 1. The largest absolute Gasteiger partial charge is 0.506 e. The number of hydrogen-bond donors (Lipinski definition) is 1. The fraction of sp³-hybridized carbons (Fsp3) is 0.0312.